The van der Waals surface area contributed by atoms with Crippen LogP contribution in [0.4, 0.5) is 0 Å². The van der Waals surface area contributed by atoms with Crippen molar-refractivity contribution >= 4 is 29.9 Å². The fourth-order valence-corrected chi connectivity index (χ4v) is 3.32. The van der Waals surface area contributed by atoms with Gasteiger partial charge in [-0.15, -0.1) is 24.0 Å². The van der Waals surface area contributed by atoms with Gasteiger partial charge in [0.25, 0.3) is 0 Å². The molecule has 2 N–H and O–H groups in total. The Morgan fingerprint density at radius 3 is 2.45 bits per heavy atom. The average molecular weight is 418 g/mol. The molecule has 0 radical (unpaired) electrons. The molecular formula is C16H27IN4O. The summed E-state index contributed by atoms with van der Waals surface area (Å²) in [6.07, 6.45) is 8.04. The van der Waals surface area contributed by atoms with Crippen LogP contribution in [-0.4, -0.2) is 48.5 Å². The number of halogens is 1. The molecule has 1 unspecified atom stereocenters. The molecule has 124 valence electrons. The molecule has 0 aliphatic carbocycles. The van der Waals surface area contributed by atoms with Crippen molar-refractivity contribution < 1.29 is 4.42 Å². The number of hydrogen-bond donors (Lipinski definition) is 1. The third-order valence-electron chi connectivity index (χ3n) is 4.56. The molecule has 2 fully saturated rings. The first-order valence-corrected chi connectivity index (χ1v) is 8.17. The Morgan fingerprint density at radius 2 is 1.82 bits per heavy atom. The number of rotatable bonds is 4. The predicted molar refractivity (Wildman–Crippen MR) is 99.6 cm³/mol. The van der Waals surface area contributed by atoms with Crippen LogP contribution in [0.2, 0.25) is 0 Å². The molecule has 0 bridgehead atoms. The summed E-state index contributed by atoms with van der Waals surface area (Å²) in [6.45, 7) is 5.04. The highest BCUT2D eigenvalue weighted by molar-refractivity contribution is 14.0. The second kappa shape index (κ2) is 8.76. The summed E-state index contributed by atoms with van der Waals surface area (Å²) < 4.78 is 5.62. The second-order valence-corrected chi connectivity index (χ2v) is 6.02. The molecule has 3 rings (SSSR count). The van der Waals surface area contributed by atoms with Crippen molar-refractivity contribution in [3.8, 4) is 0 Å². The van der Waals surface area contributed by atoms with Crippen LogP contribution < -0.4 is 5.73 Å². The summed E-state index contributed by atoms with van der Waals surface area (Å²) in [5.41, 5.74) is 6.18. The molecule has 2 saturated heterocycles. The van der Waals surface area contributed by atoms with E-state index in [0.29, 0.717) is 12.5 Å². The van der Waals surface area contributed by atoms with E-state index in [1.54, 1.807) is 6.26 Å². The molecule has 6 heteroatoms. The number of furan rings is 1. The van der Waals surface area contributed by atoms with Gasteiger partial charge in [0.1, 0.15) is 5.76 Å². The van der Waals surface area contributed by atoms with E-state index < -0.39 is 0 Å². The largest absolute Gasteiger partial charge is 0.468 e. The van der Waals surface area contributed by atoms with Crippen LogP contribution >= 0.6 is 24.0 Å². The zero-order valence-corrected chi connectivity index (χ0v) is 15.4. The molecular weight excluding hydrogens is 391 g/mol. The van der Waals surface area contributed by atoms with Gasteiger partial charge in [-0.25, -0.2) is 0 Å². The molecule has 5 nitrogen and oxygen atoms in total. The van der Waals surface area contributed by atoms with E-state index in [4.69, 9.17) is 10.2 Å². The fraction of sp³-hybridized carbons (Fsp3) is 0.688. The molecule has 3 heterocycles. The third kappa shape index (κ3) is 4.38. The van der Waals surface area contributed by atoms with E-state index in [2.05, 4.69) is 20.9 Å². The van der Waals surface area contributed by atoms with E-state index in [1.807, 2.05) is 6.07 Å². The van der Waals surface area contributed by atoms with E-state index >= 15 is 0 Å². The lowest BCUT2D eigenvalue weighted by atomic mass is 10.1. The average Bonchev–Trinajstić information content (AvgIpc) is 3.22. The molecule has 2 aliphatic heterocycles. The minimum Gasteiger partial charge on any atom is -0.468 e. The summed E-state index contributed by atoms with van der Waals surface area (Å²) >= 11 is 0. The number of guanidine groups is 1. The van der Waals surface area contributed by atoms with Gasteiger partial charge in [0.05, 0.1) is 18.8 Å². The molecule has 0 aromatic carbocycles. The molecule has 1 aromatic rings. The van der Waals surface area contributed by atoms with Gasteiger partial charge in [-0.3, -0.25) is 9.89 Å². The van der Waals surface area contributed by atoms with Crippen molar-refractivity contribution in [2.24, 2.45) is 10.7 Å². The van der Waals surface area contributed by atoms with Crippen molar-refractivity contribution in [2.75, 3.05) is 32.7 Å². The van der Waals surface area contributed by atoms with Crippen LogP contribution in [0.25, 0.3) is 0 Å². The standard InChI is InChI=1S/C16H26N4O.HI/c17-16(20-10-2-1-3-11-20)18-13-14(15-7-6-12-21-15)19-8-4-5-9-19;/h6-7,12,14H,1-5,8-11,13H2,(H2,17,18);1H. The lowest BCUT2D eigenvalue weighted by Gasteiger charge is -2.29. The maximum atomic E-state index is 6.18. The Bertz CT molecular complexity index is 451. The van der Waals surface area contributed by atoms with E-state index in [1.165, 1.54) is 32.1 Å². The fourth-order valence-electron chi connectivity index (χ4n) is 3.32. The number of aliphatic imine (C=N–C) groups is 1. The zero-order chi connectivity index (χ0) is 14.5. The van der Waals surface area contributed by atoms with Crippen molar-refractivity contribution in [3.63, 3.8) is 0 Å². The van der Waals surface area contributed by atoms with Crippen LogP contribution in [0.5, 0.6) is 0 Å². The van der Waals surface area contributed by atoms with Gasteiger partial charge in [-0.2, -0.15) is 0 Å². The summed E-state index contributed by atoms with van der Waals surface area (Å²) in [6, 6.07) is 4.23. The highest BCUT2D eigenvalue weighted by Gasteiger charge is 2.25. The molecule has 0 spiro atoms. The van der Waals surface area contributed by atoms with Crippen LogP contribution in [0.15, 0.2) is 27.8 Å². The van der Waals surface area contributed by atoms with Gasteiger partial charge in [-0.05, 0) is 57.3 Å². The number of hydrogen-bond acceptors (Lipinski definition) is 3. The Labute approximate surface area is 149 Å². The highest BCUT2D eigenvalue weighted by atomic mass is 127. The molecule has 1 atom stereocenters. The lowest BCUT2D eigenvalue weighted by molar-refractivity contribution is 0.220. The number of piperidine rings is 1. The number of nitrogens with two attached hydrogens (primary N) is 1. The Hall–Kier alpha value is -0.760. The van der Waals surface area contributed by atoms with E-state index in [0.717, 1.165) is 31.9 Å². The zero-order valence-electron chi connectivity index (χ0n) is 13.1. The van der Waals surface area contributed by atoms with Gasteiger partial charge in [0.15, 0.2) is 5.96 Å². The summed E-state index contributed by atoms with van der Waals surface area (Å²) in [5, 5.41) is 0. The maximum absolute atomic E-state index is 6.18. The van der Waals surface area contributed by atoms with Gasteiger partial charge in [0.2, 0.25) is 0 Å². The normalized spacial score (nSPS) is 21.6. The molecule has 1 aromatic heterocycles. The van der Waals surface area contributed by atoms with Gasteiger partial charge >= 0.3 is 0 Å². The van der Waals surface area contributed by atoms with Gasteiger partial charge in [-0.1, -0.05) is 0 Å². The van der Waals surface area contributed by atoms with Crippen LogP contribution in [-0.2, 0) is 0 Å². The van der Waals surface area contributed by atoms with Crippen molar-refractivity contribution in [3.05, 3.63) is 24.2 Å². The molecule has 0 amide bonds. The smallest absolute Gasteiger partial charge is 0.191 e. The number of nitrogens with zero attached hydrogens (tertiary/aromatic N) is 3. The molecule has 22 heavy (non-hydrogen) atoms. The minimum atomic E-state index is 0. The van der Waals surface area contributed by atoms with Gasteiger partial charge in [0, 0.05) is 13.1 Å². The van der Waals surface area contributed by atoms with E-state index in [-0.39, 0.29) is 30.0 Å². The van der Waals surface area contributed by atoms with Crippen molar-refractivity contribution in [2.45, 2.75) is 38.1 Å². The van der Waals surface area contributed by atoms with Crippen LogP contribution in [0.3, 0.4) is 0 Å². The first-order valence-electron chi connectivity index (χ1n) is 8.17. The van der Waals surface area contributed by atoms with Crippen LogP contribution in [0, 0.1) is 0 Å². The first kappa shape index (κ1) is 17.6. The lowest BCUT2D eigenvalue weighted by Crippen LogP contribution is -2.41. The maximum Gasteiger partial charge on any atom is 0.191 e. The summed E-state index contributed by atoms with van der Waals surface area (Å²) in [5.74, 6) is 1.71. The van der Waals surface area contributed by atoms with Crippen LogP contribution in [0.1, 0.15) is 43.9 Å². The SMILES string of the molecule is I.NC(=NCC(c1ccco1)N1CCCC1)N1CCCCC1. The Kier molecular flexibility index (Phi) is 7.01. The quantitative estimate of drug-likeness (QED) is 0.464. The molecule has 2 aliphatic rings. The minimum absolute atomic E-state index is 0. The first-order chi connectivity index (χ1) is 10.3. The Morgan fingerprint density at radius 1 is 1.14 bits per heavy atom. The highest BCUT2D eigenvalue weighted by Crippen LogP contribution is 2.25. The second-order valence-electron chi connectivity index (χ2n) is 6.02. The Balaban J connectivity index is 0.00000176. The number of likely N-dealkylation sites (tertiary alicyclic amines) is 2. The molecule has 0 saturated carbocycles. The topological polar surface area (TPSA) is 58.0 Å². The summed E-state index contributed by atoms with van der Waals surface area (Å²) in [7, 11) is 0. The van der Waals surface area contributed by atoms with E-state index in [9.17, 15) is 0 Å². The van der Waals surface area contributed by atoms with Crippen molar-refractivity contribution in [1.29, 1.82) is 0 Å². The third-order valence-corrected chi connectivity index (χ3v) is 4.56. The predicted octanol–water partition coefficient (Wildman–Crippen LogP) is 2.84. The van der Waals surface area contributed by atoms with Crippen molar-refractivity contribution in [1.82, 2.24) is 9.80 Å². The van der Waals surface area contributed by atoms with Gasteiger partial charge < -0.3 is 15.1 Å². The summed E-state index contributed by atoms with van der Waals surface area (Å²) in [4.78, 5) is 9.35. The monoisotopic (exact) mass is 418 g/mol.